The second-order valence-corrected chi connectivity index (χ2v) is 13.4. The molecule has 0 atom stereocenters. The quantitative estimate of drug-likeness (QED) is 0.128. The molecule has 6 nitrogen and oxygen atoms in total. The van der Waals surface area contributed by atoms with Gasteiger partial charge in [-0.15, -0.1) is 29.1 Å². The maximum absolute atomic E-state index is 12.1. The molecule has 10 heteroatoms. The number of alkyl halides is 3. The van der Waals surface area contributed by atoms with Crippen LogP contribution >= 0.6 is 0 Å². The first kappa shape index (κ1) is 34.8. The van der Waals surface area contributed by atoms with Crippen molar-refractivity contribution in [3.8, 4) is 22.8 Å². The molecule has 48 heavy (non-hydrogen) atoms. The number of fused-ring (bicyclic) bond motifs is 6. The molecule has 3 heterocycles. The van der Waals surface area contributed by atoms with Crippen molar-refractivity contribution < 1.29 is 33.3 Å². The smallest absolute Gasteiger partial charge is 0.413 e. The number of hydrogen-bond acceptors (Lipinski definition) is 5. The predicted octanol–water partition coefficient (Wildman–Crippen LogP) is 9.51. The zero-order valence-electron chi connectivity index (χ0n) is 27.3. The molecule has 247 valence electrons. The van der Waals surface area contributed by atoms with Crippen molar-refractivity contribution in [3.63, 3.8) is 0 Å². The van der Waals surface area contributed by atoms with E-state index in [2.05, 4.69) is 110 Å². The van der Waals surface area contributed by atoms with Gasteiger partial charge in [0.25, 0.3) is 0 Å². The number of benzene rings is 4. The van der Waals surface area contributed by atoms with Crippen molar-refractivity contribution in [2.24, 2.45) is 0 Å². The summed E-state index contributed by atoms with van der Waals surface area (Å²) in [6.07, 6.45) is -1.24. The van der Waals surface area contributed by atoms with Crippen LogP contribution in [-0.4, -0.2) is 25.0 Å². The molecule has 0 amide bonds. The Morgan fingerprint density at radius 1 is 0.667 bits per heavy atom. The monoisotopic (exact) mass is 823 g/mol. The van der Waals surface area contributed by atoms with E-state index in [9.17, 15) is 13.2 Å². The van der Waals surface area contributed by atoms with Gasteiger partial charge in [0, 0.05) is 43.6 Å². The molecule has 1 radical (unpaired) electrons. The molecule has 0 N–H and O–H groups in total. The number of rotatable bonds is 2. The van der Waals surface area contributed by atoms with Crippen LogP contribution in [0.3, 0.4) is 0 Å². The fraction of sp³-hybridized carbons (Fsp3) is 0.237. The Kier molecular flexibility index (Phi) is 9.55. The van der Waals surface area contributed by atoms with E-state index in [-0.39, 0.29) is 42.5 Å². The first-order chi connectivity index (χ1) is 22.2. The van der Waals surface area contributed by atoms with E-state index in [0.717, 1.165) is 33.1 Å². The van der Waals surface area contributed by atoms with Crippen LogP contribution in [0.15, 0.2) is 91.3 Å². The van der Waals surface area contributed by atoms with E-state index < -0.39 is 12.0 Å². The average molecular weight is 823 g/mol. The van der Waals surface area contributed by atoms with Crippen molar-refractivity contribution in [3.05, 3.63) is 114 Å². The van der Waals surface area contributed by atoms with E-state index in [1.807, 2.05) is 24.4 Å². The zero-order valence-corrected chi connectivity index (χ0v) is 29.7. The third-order valence-corrected chi connectivity index (χ3v) is 7.92. The van der Waals surface area contributed by atoms with E-state index in [1.54, 1.807) is 12.1 Å². The van der Waals surface area contributed by atoms with Crippen LogP contribution in [0, 0.1) is 6.07 Å². The van der Waals surface area contributed by atoms with Crippen LogP contribution < -0.4 is 5.10 Å². The maximum atomic E-state index is 12.1. The van der Waals surface area contributed by atoms with Gasteiger partial charge in [0.15, 0.2) is 0 Å². The summed E-state index contributed by atoms with van der Waals surface area (Å²) in [4.78, 5) is 17.1. The van der Waals surface area contributed by atoms with Gasteiger partial charge in [-0.3, -0.25) is 15.1 Å². The summed E-state index contributed by atoms with van der Waals surface area (Å²) in [6, 6.07) is 29.9. The summed E-state index contributed by atoms with van der Waals surface area (Å²) in [5.41, 5.74) is 6.80. The van der Waals surface area contributed by atoms with Crippen molar-refractivity contribution >= 4 is 32.6 Å². The molecule has 0 aliphatic rings. The molecule has 7 rings (SSSR count). The molecule has 0 saturated heterocycles. The standard InChI is InChI=1S/C30H29N2.C8H4F3N4.Ir/c1-29(2,3)20-12-14-22-24(16-20)25-17-21(30(4,5)6)13-15-23(25)28-27(22)31-18-26(32-28)19-10-8-7-9-11-19;9-8(10,11)7-13-6(14-15-7)5-3-1-2-4-12-5;/h7-13,15-18H,1-6H3;1-4H;/q2*-1;. The van der Waals surface area contributed by atoms with E-state index in [4.69, 9.17) is 9.97 Å². The fourth-order valence-corrected chi connectivity index (χ4v) is 5.25. The summed E-state index contributed by atoms with van der Waals surface area (Å²) in [5, 5.41) is 10.9. The van der Waals surface area contributed by atoms with E-state index in [0.29, 0.717) is 0 Å². The molecular weight excluding hydrogens is 790 g/mol. The van der Waals surface area contributed by atoms with Crippen LogP contribution in [-0.2, 0) is 37.1 Å². The predicted molar refractivity (Wildman–Crippen MR) is 180 cm³/mol. The van der Waals surface area contributed by atoms with Gasteiger partial charge < -0.3 is 15.1 Å². The molecule has 4 aromatic carbocycles. The Bertz CT molecular complexity index is 2200. The normalized spacial score (nSPS) is 12.1. The molecule has 7 aromatic rings. The van der Waals surface area contributed by atoms with Crippen LogP contribution in [0.2, 0.25) is 0 Å². The van der Waals surface area contributed by atoms with Gasteiger partial charge in [-0.05, 0) is 39.7 Å². The Balaban J connectivity index is 0.000000237. The first-order valence-corrected chi connectivity index (χ1v) is 15.2. The second kappa shape index (κ2) is 13.2. The largest absolute Gasteiger partial charge is 0.429 e. The van der Waals surface area contributed by atoms with Crippen LogP contribution in [0.25, 0.3) is 55.4 Å². The van der Waals surface area contributed by atoms with E-state index >= 15 is 0 Å². The molecule has 0 aliphatic heterocycles. The van der Waals surface area contributed by atoms with E-state index in [1.165, 1.54) is 34.2 Å². The summed E-state index contributed by atoms with van der Waals surface area (Å²) in [6.45, 7) is 13.5. The topological polar surface area (TPSA) is 78.5 Å². The summed E-state index contributed by atoms with van der Waals surface area (Å²) in [7, 11) is 0. The number of nitrogens with zero attached hydrogens (tertiary/aromatic N) is 6. The Hall–Kier alpha value is -4.53. The van der Waals surface area contributed by atoms with Gasteiger partial charge in [-0.25, -0.2) is 0 Å². The number of aromatic nitrogens is 6. The molecule has 0 saturated carbocycles. The first-order valence-electron chi connectivity index (χ1n) is 15.2. The SMILES string of the molecule is CC(C)(C)c1c[c-]c2c(c1)c1cc(C(C)(C)C)ccc1c1nc(-c3ccccc3)cnc21.FC(F)(F)c1n[n-]c(-c2ccccn2)n1.[Ir]. The van der Waals surface area contributed by atoms with Gasteiger partial charge in [0.2, 0.25) is 0 Å². The van der Waals surface area contributed by atoms with Crippen LogP contribution in [0.5, 0.6) is 0 Å². The van der Waals surface area contributed by atoms with Gasteiger partial charge in [0.1, 0.15) is 5.82 Å². The average Bonchev–Trinajstić information content (AvgIpc) is 3.56. The summed E-state index contributed by atoms with van der Waals surface area (Å²) >= 11 is 0. The summed E-state index contributed by atoms with van der Waals surface area (Å²) < 4.78 is 36.4. The Morgan fingerprint density at radius 3 is 1.98 bits per heavy atom. The molecule has 3 aromatic heterocycles. The van der Waals surface area contributed by atoms with Crippen molar-refractivity contribution in [1.82, 2.24) is 30.1 Å². The molecular formula is C38H33F3IrN6-2. The Labute approximate surface area is 290 Å². The molecule has 0 aliphatic carbocycles. The van der Waals surface area contributed by atoms with Crippen LogP contribution in [0.1, 0.15) is 58.5 Å². The van der Waals surface area contributed by atoms with Gasteiger partial charge >= 0.3 is 6.18 Å². The fourth-order valence-electron chi connectivity index (χ4n) is 5.25. The minimum Gasteiger partial charge on any atom is -0.413 e. The molecule has 0 spiro atoms. The van der Waals surface area contributed by atoms with Gasteiger partial charge in [-0.1, -0.05) is 107 Å². The Morgan fingerprint density at radius 2 is 1.35 bits per heavy atom. The van der Waals surface area contributed by atoms with Gasteiger partial charge in [-0.2, -0.15) is 13.2 Å². The number of hydrogen-bond donors (Lipinski definition) is 0. The molecule has 0 fully saturated rings. The maximum Gasteiger partial charge on any atom is 0.429 e. The molecule has 0 bridgehead atoms. The van der Waals surface area contributed by atoms with Crippen molar-refractivity contribution in [1.29, 1.82) is 0 Å². The third kappa shape index (κ3) is 7.15. The van der Waals surface area contributed by atoms with Crippen LogP contribution in [0.4, 0.5) is 13.2 Å². The molecule has 0 unspecified atom stereocenters. The number of pyridine rings is 1. The minimum absolute atomic E-state index is 0. The third-order valence-electron chi connectivity index (χ3n) is 7.92. The van der Waals surface area contributed by atoms with Crippen molar-refractivity contribution in [2.45, 2.75) is 58.5 Å². The summed E-state index contributed by atoms with van der Waals surface area (Å²) in [5.74, 6) is -1.37. The van der Waals surface area contributed by atoms with Gasteiger partial charge in [0.05, 0.1) is 16.9 Å². The minimum atomic E-state index is -4.57. The number of halogens is 3. The zero-order chi connectivity index (χ0) is 33.6. The van der Waals surface area contributed by atoms with Crippen molar-refractivity contribution in [2.75, 3.05) is 0 Å². The second-order valence-electron chi connectivity index (χ2n) is 13.4.